The number of halogens is 2. The van der Waals surface area contributed by atoms with Crippen molar-refractivity contribution in [2.75, 3.05) is 42.3 Å². The topological polar surface area (TPSA) is 259 Å². The summed E-state index contributed by atoms with van der Waals surface area (Å²) in [5.74, 6) is -0.358. The molecule has 0 amide bonds. The van der Waals surface area contributed by atoms with Crippen LogP contribution in [0.2, 0.25) is 0 Å². The molecular formula is C32H34I2N6O14S2. The van der Waals surface area contributed by atoms with Crippen LogP contribution in [0.1, 0.15) is 11.1 Å². The third-order valence-corrected chi connectivity index (χ3v) is 9.95. The van der Waals surface area contributed by atoms with Gasteiger partial charge in [-0.1, -0.05) is 12.1 Å². The summed E-state index contributed by atoms with van der Waals surface area (Å²) in [5.41, 5.74) is -1.79. The molecule has 0 atom stereocenters. The zero-order valence-electron chi connectivity index (χ0n) is 30.3. The molecule has 4 rings (SSSR count). The third kappa shape index (κ3) is 11.7. The highest BCUT2D eigenvalue weighted by Gasteiger charge is 2.33. The van der Waals surface area contributed by atoms with Crippen molar-refractivity contribution in [2.24, 2.45) is 0 Å². The Morgan fingerprint density at radius 3 is 1.09 bits per heavy atom. The number of quaternary nitrogens is 2. The second-order valence-corrected chi connectivity index (χ2v) is 17.0. The average Bonchev–Trinajstić information content (AvgIpc) is 3.04. The maximum atomic E-state index is 13.4. The van der Waals surface area contributed by atoms with Crippen LogP contribution < -0.4 is 56.3 Å². The van der Waals surface area contributed by atoms with Crippen molar-refractivity contribution < 1.29 is 102 Å². The van der Waals surface area contributed by atoms with Gasteiger partial charge in [0.05, 0.1) is 85.2 Å². The van der Waals surface area contributed by atoms with E-state index in [0.29, 0.717) is 34.4 Å². The molecule has 0 heterocycles. The lowest BCUT2D eigenvalue weighted by molar-refractivity contribution is -0.884. The van der Waals surface area contributed by atoms with Gasteiger partial charge in [0, 0.05) is 12.1 Å². The Hall–Kier alpha value is -4.64. The van der Waals surface area contributed by atoms with Gasteiger partial charge in [0.15, 0.2) is 21.3 Å². The first-order chi connectivity index (χ1) is 24.8. The van der Waals surface area contributed by atoms with Gasteiger partial charge >= 0.3 is 20.2 Å². The molecule has 0 aliphatic carbocycles. The minimum Gasteiger partial charge on any atom is -1.00 e. The largest absolute Gasteiger partial charge is 1.00 e. The smallest absolute Gasteiger partial charge is 0.346 e. The Bertz CT molecular complexity index is 2270. The lowest BCUT2D eigenvalue weighted by atomic mass is 9.99. The predicted octanol–water partition coefficient (Wildman–Crippen LogP) is -1.06. The molecule has 20 nitrogen and oxygen atoms in total. The van der Waals surface area contributed by atoms with Crippen molar-refractivity contribution >= 4 is 43.0 Å². The molecule has 4 aromatic carbocycles. The van der Waals surface area contributed by atoms with Crippen molar-refractivity contribution in [3.63, 3.8) is 0 Å². The summed E-state index contributed by atoms with van der Waals surface area (Å²) in [7, 11) is 1.08. The number of nitro benzene ring substituents is 4. The van der Waals surface area contributed by atoms with Crippen LogP contribution in [-0.2, 0) is 33.3 Å². The van der Waals surface area contributed by atoms with Crippen molar-refractivity contribution in [3.05, 3.63) is 124 Å². The molecule has 0 saturated heterocycles. The summed E-state index contributed by atoms with van der Waals surface area (Å²) >= 11 is 0. The monoisotopic (exact) mass is 1040 g/mol. The number of hydrogen-bond donors (Lipinski definition) is 0. The lowest BCUT2D eigenvalue weighted by Crippen LogP contribution is -3.00. The van der Waals surface area contributed by atoms with Crippen molar-refractivity contribution in [1.82, 2.24) is 0 Å². The molecule has 302 valence electrons. The highest BCUT2D eigenvalue weighted by molar-refractivity contribution is 7.87. The quantitative estimate of drug-likeness (QED) is 0.0453. The first kappa shape index (κ1) is 47.5. The van der Waals surface area contributed by atoms with Crippen molar-refractivity contribution in [3.8, 4) is 22.6 Å². The fourth-order valence-corrected chi connectivity index (χ4v) is 7.45. The SMILES string of the molecule is C[N+](C)(C)Cc1cc(-c2ccc(OS(=O)(=O)c3ccc([N+](=O)[O-])cc3[N+](=O)[O-])c(C[N+](C)(C)C)c2)ccc1OS(=O)(=O)c1ccc([N+](=O)[O-])cc1[N+](=O)[O-].[I-].[I-]. The Morgan fingerprint density at radius 2 is 0.821 bits per heavy atom. The number of benzene rings is 4. The van der Waals surface area contributed by atoms with Gasteiger partial charge in [0.25, 0.3) is 22.7 Å². The van der Waals surface area contributed by atoms with Gasteiger partial charge in [-0.2, -0.15) is 16.8 Å². The molecule has 0 aromatic heterocycles. The zero-order chi connectivity index (χ0) is 40.6. The van der Waals surface area contributed by atoms with E-state index in [1.165, 1.54) is 24.3 Å². The van der Waals surface area contributed by atoms with Crippen molar-refractivity contribution in [2.45, 2.75) is 22.9 Å². The second-order valence-electron chi connectivity index (χ2n) is 13.9. The van der Waals surface area contributed by atoms with Crippen LogP contribution in [0.15, 0.2) is 82.6 Å². The van der Waals surface area contributed by atoms with Crippen molar-refractivity contribution in [1.29, 1.82) is 0 Å². The average molecular weight is 1040 g/mol. The fraction of sp³-hybridized carbons (Fsp3) is 0.250. The lowest BCUT2D eigenvalue weighted by Gasteiger charge is -2.26. The number of non-ortho nitro benzene ring substituents is 2. The Morgan fingerprint density at radius 1 is 0.500 bits per heavy atom. The second kappa shape index (κ2) is 17.7. The molecule has 0 radical (unpaired) electrons. The van der Waals surface area contributed by atoms with E-state index >= 15 is 0 Å². The number of hydrogen-bond acceptors (Lipinski definition) is 14. The van der Waals surface area contributed by atoms with Gasteiger partial charge in [-0.05, 0) is 47.5 Å². The van der Waals surface area contributed by atoms with Crippen LogP contribution in [0.3, 0.4) is 0 Å². The number of nitrogens with zero attached hydrogens (tertiary/aromatic N) is 6. The highest BCUT2D eigenvalue weighted by Crippen LogP contribution is 2.37. The van der Waals surface area contributed by atoms with Crippen LogP contribution in [-0.4, -0.2) is 87.8 Å². The van der Waals surface area contributed by atoms with Gasteiger partial charge in [0.2, 0.25) is 0 Å². The maximum Gasteiger partial charge on any atom is 0.346 e. The summed E-state index contributed by atoms with van der Waals surface area (Å²) in [6, 6.07) is 13.0. The Kier molecular flexibility index (Phi) is 15.0. The molecule has 0 bridgehead atoms. The van der Waals surface area contributed by atoms with Crippen LogP contribution in [0, 0.1) is 40.5 Å². The molecule has 4 aromatic rings. The molecule has 0 spiro atoms. The van der Waals surface area contributed by atoms with E-state index in [0.717, 1.165) is 24.3 Å². The van der Waals surface area contributed by atoms with Gasteiger partial charge in [-0.25, -0.2) is 0 Å². The molecular weight excluding hydrogens is 1010 g/mol. The van der Waals surface area contributed by atoms with Crippen LogP contribution in [0.4, 0.5) is 22.7 Å². The van der Waals surface area contributed by atoms with E-state index in [1.807, 2.05) is 42.3 Å². The van der Waals surface area contributed by atoms with E-state index in [1.54, 1.807) is 12.1 Å². The first-order valence-electron chi connectivity index (χ1n) is 15.4. The van der Waals surface area contributed by atoms with Crippen LogP contribution >= 0.6 is 0 Å². The molecule has 0 N–H and O–H groups in total. The molecule has 24 heteroatoms. The van der Waals surface area contributed by atoms with Gasteiger partial charge < -0.3 is 65.3 Å². The summed E-state index contributed by atoms with van der Waals surface area (Å²) in [6.07, 6.45) is 0. The van der Waals surface area contributed by atoms with Gasteiger partial charge in [0.1, 0.15) is 13.1 Å². The van der Waals surface area contributed by atoms with E-state index in [4.69, 9.17) is 8.37 Å². The van der Waals surface area contributed by atoms with Crippen LogP contribution in [0.5, 0.6) is 11.5 Å². The van der Waals surface area contributed by atoms with Crippen LogP contribution in [0.25, 0.3) is 11.1 Å². The van der Waals surface area contributed by atoms with Gasteiger partial charge in [-0.3, -0.25) is 40.5 Å². The normalized spacial score (nSPS) is 11.8. The number of nitro groups is 4. The zero-order valence-corrected chi connectivity index (χ0v) is 36.3. The Balaban J connectivity index is 0.00000541. The summed E-state index contributed by atoms with van der Waals surface area (Å²) in [5, 5.41) is 45.7. The number of rotatable bonds is 15. The molecule has 0 saturated carbocycles. The molecule has 56 heavy (non-hydrogen) atoms. The molecule has 0 unspecified atom stereocenters. The minimum absolute atomic E-state index is 0. The molecule has 0 aliphatic heterocycles. The van der Waals surface area contributed by atoms with Gasteiger partial charge in [-0.15, -0.1) is 0 Å². The fourth-order valence-electron chi connectivity index (χ4n) is 5.22. The van der Waals surface area contributed by atoms with E-state index in [2.05, 4.69) is 0 Å². The summed E-state index contributed by atoms with van der Waals surface area (Å²) in [4.78, 5) is 40.0. The minimum atomic E-state index is -4.90. The third-order valence-electron chi connectivity index (χ3n) is 7.38. The molecule has 0 fully saturated rings. The first-order valence-corrected chi connectivity index (χ1v) is 18.2. The summed E-state index contributed by atoms with van der Waals surface area (Å²) in [6.45, 7) is 0.362. The predicted molar refractivity (Wildman–Crippen MR) is 190 cm³/mol. The highest BCUT2D eigenvalue weighted by atomic mass is 127. The van der Waals surface area contributed by atoms with E-state index < -0.39 is 72.5 Å². The Labute approximate surface area is 354 Å². The van der Waals surface area contributed by atoms with E-state index in [-0.39, 0.29) is 81.5 Å². The standard InChI is InChI=1S/C32H34N6O14S2.2HI/c1-37(2,3)19-23-15-21(7-11-29(23)51-53(47,48)31-13-9-25(33(39)40)17-27(31)35(43)44)22-8-12-30(24(16-22)20-38(4,5)6)52-54(49,50)32-14-10-26(34(41)42)18-28(32)36(45)46;;/h7-18H,19-20H2,1-6H3;2*1H/q+2;;/p-2. The summed E-state index contributed by atoms with van der Waals surface area (Å²) < 4.78 is 64.9. The maximum absolute atomic E-state index is 13.4. The van der Waals surface area contributed by atoms with E-state index in [9.17, 15) is 57.3 Å². The molecule has 0 aliphatic rings.